The number of alkyl halides is 1. The molecule has 2 rings (SSSR count). The van der Waals surface area contributed by atoms with E-state index in [1.165, 1.54) is 5.56 Å². The van der Waals surface area contributed by atoms with Gasteiger partial charge in [0.2, 0.25) is 0 Å². The number of nitrogens with zero attached hydrogens (tertiary/aromatic N) is 3. The molecule has 0 saturated carbocycles. The molecule has 4 heteroatoms. The minimum Gasteiger partial charge on any atom is -0.236 e. The van der Waals surface area contributed by atoms with E-state index in [9.17, 15) is 5.26 Å². The first kappa shape index (κ1) is 12.8. The first-order valence-corrected chi connectivity index (χ1v) is 6.82. The molecule has 3 nitrogen and oxygen atoms in total. The van der Waals surface area contributed by atoms with Crippen LogP contribution in [0.15, 0.2) is 18.2 Å². The molecule has 0 radical (unpaired) electrons. The van der Waals surface area contributed by atoms with Crippen LogP contribution < -0.4 is 0 Å². The van der Waals surface area contributed by atoms with Gasteiger partial charge in [-0.15, -0.1) is 0 Å². The van der Waals surface area contributed by atoms with Crippen molar-refractivity contribution in [3.63, 3.8) is 0 Å². The van der Waals surface area contributed by atoms with Crippen molar-refractivity contribution in [3.8, 4) is 11.8 Å². The Balaban J connectivity index is 2.64. The lowest BCUT2D eigenvalue weighted by Gasteiger charge is -2.08. The lowest BCUT2D eigenvalue weighted by atomic mass is 10.1. The quantitative estimate of drug-likeness (QED) is 0.796. The molecule has 0 saturated heterocycles. The highest BCUT2D eigenvalue weighted by atomic mass is 79.9. The third kappa shape index (κ3) is 2.06. The van der Waals surface area contributed by atoms with Gasteiger partial charge in [-0.3, -0.25) is 0 Å². The first-order valence-electron chi connectivity index (χ1n) is 5.70. The second kappa shape index (κ2) is 4.95. The van der Waals surface area contributed by atoms with Crippen molar-refractivity contribution in [2.75, 3.05) is 0 Å². The maximum absolute atomic E-state index is 9.26. The summed E-state index contributed by atoms with van der Waals surface area (Å²) >= 11 is 3.40. The zero-order chi connectivity index (χ0) is 13.3. The maximum atomic E-state index is 9.26. The number of hydrogen-bond acceptors (Lipinski definition) is 2. The summed E-state index contributed by atoms with van der Waals surface area (Å²) in [6.45, 7) is 6.06. The zero-order valence-electron chi connectivity index (χ0n) is 10.7. The number of benzene rings is 1. The standard InChI is InChI=1S/C14H14BrN3/c1-9-10(2)17-18(11(9)3)14-5-4-12(7-15)6-13(14)8-16/h4-6H,7H2,1-3H3. The van der Waals surface area contributed by atoms with Crippen molar-refractivity contribution >= 4 is 15.9 Å². The van der Waals surface area contributed by atoms with Crippen molar-refractivity contribution in [1.29, 1.82) is 5.26 Å². The molecule has 92 valence electrons. The van der Waals surface area contributed by atoms with Gasteiger partial charge in [0.05, 0.1) is 16.9 Å². The van der Waals surface area contributed by atoms with E-state index >= 15 is 0 Å². The van der Waals surface area contributed by atoms with Crippen LogP contribution in [-0.4, -0.2) is 9.78 Å². The highest BCUT2D eigenvalue weighted by Gasteiger charge is 2.12. The molecule has 18 heavy (non-hydrogen) atoms. The SMILES string of the molecule is Cc1nn(-c2ccc(CBr)cc2C#N)c(C)c1C. The molecule has 0 aliphatic rings. The monoisotopic (exact) mass is 303 g/mol. The van der Waals surface area contributed by atoms with Crippen LogP contribution in [0.1, 0.15) is 28.1 Å². The second-order valence-electron chi connectivity index (χ2n) is 4.30. The predicted molar refractivity (Wildman–Crippen MR) is 75.1 cm³/mol. The smallest absolute Gasteiger partial charge is 0.101 e. The Kier molecular flexibility index (Phi) is 3.53. The molecule has 0 unspecified atom stereocenters. The molecule has 0 aliphatic heterocycles. The molecule has 1 aromatic heterocycles. The van der Waals surface area contributed by atoms with Crippen LogP contribution in [-0.2, 0) is 5.33 Å². The fourth-order valence-corrected chi connectivity index (χ4v) is 2.24. The first-order chi connectivity index (χ1) is 8.58. The van der Waals surface area contributed by atoms with Crippen molar-refractivity contribution in [3.05, 3.63) is 46.3 Å². The number of nitriles is 1. The molecule has 2 aromatic rings. The number of aryl methyl sites for hydroxylation is 1. The largest absolute Gasteiger partial charge is 0.236 e. The van der Waals surface area contributed by atoms with Crippen molar-refractivity contribution in [2.45, 2.75) is 26.1 Å². The number of rotatable bonds is 2. The van der Waals surface area contributed by atoms with E-state index in [1.807, 2.05) is 43.7 Å². The lowest BCUT2D eigenvalue weighted by molar-refractivity contribution is 0.830. The van der Waals surface area contributed by atoms with E-state index in [0.717, 1.165) is 28.0 Å². The van der Waals surface area contributed by atoms with Crippen molar-refractivity contribution < 1.29 is 0 Å². The lowest BCUT2D eigenvalue weighted by Crippen LogP contribution is -2.02. The second-order valence-corrected chi connectivity index (χ2v) is 4.87. The van der Waals surface area contributed by atoms with Gasteiger partial charge in [0.25, 0.3) is 0 Å². The van der Waals surface area contributed by atoms with Crippen LogP contribution in [0, 0.1) is 32.1 Å². The van der Waals surface area contributed by atoms with Gasteiger partial charge in [-0.05, 0) is 44.0 Å². The summed E-state index contributed by atoms with van der Waals surface area (Å²) in [6, 6.07) is 8.10. The van der Waals surface area contributed by atoms with E-state index in [4.69, 9.17) is 0 Å². The summed E-state index contributed by atoms with van der Waals surface area (Å²) in [6.07, 6.45) is 0. The highest BCUT2D eigenvalue weighted by Crippen LogP contribution is 2.21. The third-order valence-electron chi connectivity index (χ3n) is 3.22. The topological polar surface area (TPSA) is 41.6 Å². The average molecular weight is 304 g/mol. The van der Waals surface area contributed by atoms with Gasteiger partial charge >= 0.3 is 0 Å². The van der Waals surface area contributed by atoms with Crippen LogP contribution in [0.2, 0.25) is 0 Å². The molecule has 0 fully saturated rings. The summed E-state index contributed by atoms with van der Waals surface area (Å²) in [4.78, 5) is 0. The third-order valence-corrected chi connectivity index (χ3v) is 3.86. The molecule has 0 atom stereocenters. The Morgan fingerprint density at radius 1 is 1.33 bits per heavy atom. The molecule has 0 N–H and O–H groups in total. The summed E-state index contributed by atoms with van der Waals surface area (Å²) in [5, 5.41) is 14.5. The molecular formula is C14H14BrN3. The summed E-state index contributed by atoms with van der Waals surface area (Å²) in [5.74, 6) is 0. The van der Waals surface area contributed by atoms with Crippen LogP contribution in [0.4, 0.5) is 0 Å². The van der Waals surface area contributed by atoms with Gasteiger partial charge in [0, 0.05) is 11.0 Å². The van der Waals surface area contributed by atoms with E-state index in [2.05, 4.69) is 27.1 Å². The highest BCUT2D eigenvalue weighted by molar-refractivity contribution is 9.08. The summed E-state index contributed by atoms with van der Waals surface area (Å²) in [5.41, 5.74) is 5.84. The van der Waals surface area contributed by atoms with E-state index < -0.39 is 0 Å². The van der Waals surface area contributed by atoms with Gasteiger partial charge in [-0.25, -0.2) is 4.68 Å². The number of halogens is 1. The maximum Gasteiger partial charge on any atom is 0.101 e. The van der Waals surface area contributed by atoms with E-state index in [-0.39, 0.29) is 0 Å². The Hall–Kier alpha value is -1.60. The van der Waals surface area contributed by atoms with Gasteiger partial charge in [-0.1, -0.05) is 22.0 Å². The van der Waals surface area contributed by atoms with Gasteiger partial charge < -0.3 is 0 Å². The van der Waals surface area contributed by atoms with E-state index in [1.54, 1.807) is 0 Å². The van der Waals surface area contributed by atoms with Gasteiger partial charge in [0.1, 0.15) is 6.07 Å². The van der Waals surface area contributed by atoms with Crippen LogP contribution >= 0.6 is 15.9 Å². The molecule has 0 amide bonds. The number of hydrogen-bond donors (Lipinski definition) is 0. The fraction of sp³-hybridized carbons (Fsp3) is 0.286. The Bertz CT molecular complexity index is 635. The van der Waals surface area contributed by atoms with Gasteiger partial charge in [-0.2, -0.15) is 10.4 Å². The molecular weight excluding hydrogens is 290 g/mol. The fourth-order valence-electron chi connectivity index (χ4n) is 1.90. The van der Waals surface area contributed by atoms with Crippen LogP contribution in [0.3, 0.4) is 0 Å². The summed E-state index contributed by atoms with van der Waals surface area (Å²) in [7, 11) is 0. The minimum absolute atomic E-state index is 0.651. The minimum atomic E-state index is 0.651. The van der Waals surface area contributed by atoms with E-state index in [0.29, 0.717) is 5.56 Å². The van der Waals surface area contributed by atoms with Crippen molar-refractivity contribution in [2.24, 2.45) is 0 Å². The van der Waals surface area contributed by atoms with Crippen LogP contribution in [0.25, 0.3) is 5.69 Å². The molecule has 0 aliphatic carbocycles. The van der Waals surface area contributed by atoms with Crippen LogP contribution in [0.5, 0.6) is 0 Å². The molecule has 1 heterocycles. The normalized spacial score (nSPS) is 10.4. The average Bonchev–Trinajstić information content (AvgIpc) is 2.65. The molecule has 0 spiro atoms. The predicted octanol–water partition coefficient (Wildman–Crippen LogP) is 3.56. The molecule has 1 aromatic carbocycles. The van der Waals surface area contributed by atoms with Gasteiger partial charge in [0.15, 0.2) is 0 Å². The Labute approximate surface area is 115 Å². The molecule has 0 bridgehead atoms. The number of aromatic nitrogens is 2. The Morgan fingerprint density at radius 3 is 2.56 bits per heavy atom. The van der Waals surface area contributed by atoms with Crippen molar-refractivity contribution in [1.82, 2.24) is 9.78 Å². The zero-order valence-corrected chi connectivity index (χ0v) is 12.2. The Morgan fingerprint density at radius 2 is 2.06 bits per heavy atom. The summed E-state index contributed by atoms with van der Waals surface area (Å²) < 4.78 is 1.85.